The van der Waals surface area contributed by atoms with E-state index in [1.54, 1.807) is 0 Å². The van der Waals surface area contributed by atoms with Crippen molar-refractivity contribution in [2.45, 2.75) is 69.7 Å². The average molecular weight is 328 g/mol. The van der Waals surface area contributed by atoms with Gasteiger partial charge in [-0.3, -0.25) is 0 Å². The Morgan fingerprint density at radius 2 is 1.95 bits per heavy atom. The zero-order valence-corrected chi connectivity index (χ0v) is 15.3. The summed E-state index contributed by atoms with van der Waals surface area (Å²) in [6.07, 6.45) is 7.00. The van der Waals surface area contributed by atoms with Crippen LogP contribution < -0.4 is 5.32 Å². The lowest BCUT2D eigenvalue weighted by Crippen LogP contribution is -2.50. The Hall–Kier alpha value is -0.420. The summed E-state index contributed by atoms with van der Waals surface area (Å²) in [5.41, 5.74) is 0. The number of piperidine rings is 1. The van der Waals surface area contributed by atoms with Gasteiger partial charge >= 0.3 is 6.03 Å². The minimum atomic E-state index is 0.140. The van der Waals surface area contributed by atoms with E-state index < -0.39 is 0 Å². The third kappa shape index (κ3) is 5.05. The van der Waals surface area contributed by atoms with Gasteiger partial charge in [-0.15, -0.1) is 0 Å². The van der Waals surface area contributed by atoms with Gasteiger partial charge in [0.15, 0.2) is 0 Å². The van der Waals surface area contributed by atoms with Crippen molar-refractivity contribution in [3.63, 3.8) is 0 Å². The molecule has 128 valence electrons. The first kappa shape index (κ1) is 17.9. The van der Waals surface area contributed by atoms with Gasteiger partial charge < -0.3 is 15.1 Å². The number of nitrogens with one attached hydrogen (secondary N) is 1. The third-order valence-electron chi connectivity index (χ3n) is 5.08. The largest absolute Gasteiger partial charge is 0.335 e. The zero-order chi connectivity index (χ0) is 15.9. The molecule has 1 saturated carbocycles. The molecule has 0 aromatic carbocycles. The second-order valence-corrected chi connectivity index (χ2v) is 8.30. The lowest BCUT2D eigenvalue weighted by atomic mass is 10.1. The van der Waals surface area contributed by atoms with E-state index >= 15 is 0 Å². The minimum absolute atomic E-state index is 0.140. The van der Waals surface area contributed by atoms with Crippen molar-refractivity contribution in [1.82, 2.24) is 15.1 Å². The average Bonchev–Trinajstić information content (AvgIpc) is 2.98. The Labute approximate surface area is 140 Å². The predicted octanol–water partition coefficient (Wildman–Crippen LogP) is 3.18. The fourth-order valence-electron chi connectivity index (χ4n) is 3.72. The van der Waals surface area contributed by atoms with Crippen LogP contribution in [0.2, 0.25) is 0 Å². The Balaban J connectivity index is 1.71. The Morgan fingerprint density at radius 3 is 2.59 bits per heavy atom. The maximum Gasteiger partial charge on any atom is 0.317 e. The van der Waals surface area contributed by atoms with Crippen LogP contribution in [-0.2, 0) is 0 Å². The van der Waals surface area contributed by atoms with Gasteiger partial charge in [-0.1, -0.05) is 13.8 Å². The normalized spacial score (nSPS) is 27.0. The van der Waals surface area contributed by atoms with Crippen LogP contribution in [0, 0.1) is 0 Å². The van der Waals surface area contributed by atoms with Crippen LogP contribution in [-0.4, -0.2) is 65.6 Å². The van der Waals surface area contributed by atoms with Gasteiger partial charge in [0.1, 0.15) is 0 Å². The van der Waals surface area contributed by atoms with Gasteiger partial charge in [0, 0.05) is 37.5 Å². The monoisotopic (exact) mass is 327 g/mol. The van der Waals surface area contributed by atoms with E-state index in [0.717, 1.165) is 44.0 Å². The van der Waals surface area contributed by atoms with Crippen LogP contribution in [0.5, 0.6) is 0 Å². The number of carbonyl (C=O) groups excluding carboxylic acids is 1. The van der Waals surface area contributed by atoms with Crippen LogP contribution in [0.3, 0.4) is 0 Å². The number of hydrogen-bond acceptors (Lipinski definition) is 3. The number of carbonyl (C=O) groups is 1. The van der Waals surface area contributed by atoms with Crippen molar-refractivity contribution in [1.29, 1.82) is 0 Å². The van der Waals surface area contributed by atoms with E-state index in [0.29, 0.717) is 12.1 Å². The molecule has 1 aliphatic carbocycles. The van der Waals surface area contributed by atoms with Crippen LogP contribution in [0.15, 0.2) is 0 Å². The summed E-state index contributed by atoms with van der Waals surface area (Å²) in [6, 6.07) is 0.940. The maximum atomic E-state index is 12.5. The summed E-state index contributed by atoms with van der Waals surface area (Å²) in [7, 11) is 1.98. The smallest absolute Gasteiger partial charge is 0.317 e. The van der Waals surface area contributed by atoms with E-state index in [1.165, 1.54) is 25.1 Å². The van der Waals surface area contributed by atoms with Crippen molar-refractivity contribution in [3.8, 4) is 0 Å². The fraction of sp³-hybridized carbons (Fsp3) is 0.941. The number of amides is 2. The van der Waals surface area contributed by atoms with Crippen molar-refractivity contribution in [3.05, 3.63) is 0 Å². The first-order chi connectivity index (χ1) is 10.6. The summed E-state index contributed by atoms with van der Waals surface area (Å²) >= 11 is 2.05. The molecule has 0 bridgehead atoms. The van der Waals surface area contributed by atoms with Crippen LogP contribution in [0.1, 0.15) is 52.4 Å². The van der Waals surface area contributed by atoms with E-state index in [-0.39, 0.29) is 6.03 Å². The number of nitrogens with zero attached hydrogens (tertiary/aromatic N) is 2. The molecule has 0 radical (unpaired) electrons. The zero-order valence-electron chi connectivity index (χ0n) is 14.5. The molecule has 5 heteroatoms. The first-order valence-electron chi connectivity index (χ1n) is 9.01. The van der Waals surface area contributed by atoms with E-state index in [1.807, 2.05) is 23.7 Å². The van der Waals surface area contributed by atoms with Crippen LogP contribution in [0.4, 0.5) is 4.79 Å². The molecule has 4 nitrogen and oxygen atoms in total. The minimum Gasteiger partial charge on any atom is -0.335 e. The Kier molecular flexibility index (Phi) is 7.35. The third-order valence-corrected chi connectivity index (χ3v) is 6.32. The molecule has 1 heterocycles. The molecule has 1 aliphatic heterocycles. The Morgan fingerprint density at radius 1 is 1.23 bits per heavy atom. The highest BCUT2D eigenvalue weighted by Crippen LogP contribution is 2.32. The quantitative estimate of drug-likeness (QED) is 0.814. The molecule has 0 aromatic heterocycles. The fourth-order valence-corrected chi connectivity index (χ4v) is 4.85. The van der Waals surface area contributed by atoms with Crippen LogP contribution in [0.25, 0.3) is 0 Å². The molecule has 2 amide bonds. The van der Waals surface area contributed by atoms with E-state index in [9.17, 15) is 4.79 Å². The molecule has 2 fully saturated rings. The molecule has 0 spiro atoms. The summed E-state index contributed by atoms with van der Waals surface area (Å²) in [5.74, 6) is 1.18. The second kappa shape index (κ2) is 9.02. The van der Waals surface area contributed by atoms with Gasteiger partial charge in [-0.05, 0) is 50.8 Å². The van der Waals surface area contributed by atoms with Crippen LogP contribution >= 0.6 is 11.8 Å². The van der Waals surface area contributed by atoms with Gasteiger partial charge in [0.2, 0.25) is 0 Å². The highest BCUT2D eigenvalue weighted by atomic mass is 32.2. The molecule has 2 rings (SSSR count). The van der Waals surface area contributed by atoms with Gasteiger partial charge in [-0.2, -0.15) is 11.8 Å². The molecule has 1 saturated heterocycles. The van der Waals surface area contributed by atoms with Gasteiger partial charge in [-0.25, -0.2) is 4.79 Å². The summed E-state index contributed by atoms with van der Waals surface area (Å²) in [4.78, 5) is 16.9. The van der Waals surface area contributed by atoms with Crippen molar-refractivity contribution in [2.24, 2.45) is 0 Å². The molecule has 2 aliphatic rings. The standard InChI is InChI=1S/C17H33N3OS/c1-4-10-20-11-8-14(9-12-20)18-17(21)19(3)15-6-7-16(13-15)22-5-2/h14-16H,4-13H2,1-3H3,(H,18,21)/t15-,16-/m0/s1. The SMILES string of the molecule is CCCN1CCC(NC(=O)N(C)[C@H]2CC[C@H](SCC)C2)CC1. The summed E-state index contributed by atoms with van der Waals surface area (Å²) < 4.78 is 0. The van der Waals surface area contributed by atoms with E-state index in [4.69, 9.17) is 0 Å². The maximum absolute atomic E-state index is 12.5. The highest BCUT2D eigenvalue weighted by molar-refractivity contribution is 7.99. The molecule has 0 unspecified atom stereocenters. The Bertz CT molecular complexity index is 345. The number of rotatable bonds is 6. The number of likely N-dealkylation sites (tertiary alicyclic amines) is 1. The molecule has 2 atom stereocenters. The highest BCUT2D eigenvalue weighted by Gasteiger charge is 2.31. The summed E-state index contributed by atoms with van der Waals surface area (Å²) in [6.45, 7) is 7.90. The molecule has 0 aromatic rings. The van der Waals surface area contributed by atoms with Crippen molar-refractivity contribution >= 4 is 17.8 Å². The lowest BCUT2D eigenvalue weighted by molar-refractivity contribution is 0.168. The summed E-state index contributed by atoms with van der Waals surface area (Å²) in [5, 5.41) is 4.01. The topological polar surface area (TPSA) is 35.6 Å². The molecular formula is C17H33N3OS. The number of thioether (sulfide) groups is 1. The molecular weight excluding hydrogens is 294 g/mol. The van der Waals surface area contributed by atoms with E-state index in [2.05, 4.69) is 24.1 Å². The lowest BCUT2D eigenvalue weighted by Gasteiger charge is -2.34. The van der Waals surface area contributed by atoms with Gasteiger partial charge in [0.05, 0.1) is 0 Å². The number of hydrogen-bond donors (Lipinski definition) is 1. The second-order valence-electron chi connectivity index (χ2n) is 6.72. The molecule has 22 heavy (non-hydrogen) atoms. The van der Waals surface area contributed by atoms with Crippen molar-refractivity contribution in [2.75, 3.05) is 32.4 Å². The number of urea groups is 1. The molecule has 1 N–H and O–H groups in total. The van der Waals surface area contributed by atoms with Crippen molar-refractivity contribution < 1.29 is 4.79 Å². The van der Waals surface area contributed by atoms with Gasteiger partial charge in [0.25, 0.3) is 0 Å². The predicted molar refractivity (Wildman–Crippen MR) is 95.6 cm³/mol. The first-order valence-corrected chi connectivity index (χ1v) is 10.1.